The first-order valence-corrected chi connectivity index (χ1v) is 20.6. The molecule has 1 aliphatic carbocycles. The monoisotopic (exact) mass is 1000 g/mol. The van der Waals surface area contributed by atoms with Crippen molar-refractivity contribution in [2.75, 3.05) is 113 Å². The Balaban J connectivity index is -0.000000163. The summed E-state index contributed by atoms with van der Waals surface area (Å²) in [6.45, 7) is 5.41. The smallest absolute Gasteiger partial charge is 0.417 e. The van der Waals surface area contributed by atoms with Gasteiger partial charge in [0.1, 0.15) is 13.0 Å². The molecule has 0 radical (unpaired) electrons. The SMILES string of the molecule is CCC(C)(COC)P(=O)(O)OC.COC(=O)C(=O)OC.COC(=O)C(C)OC.COC(=O)C1(C(=O)OC)CCC1.COC(=O)CC(=O)OC.COC(=O)CC(O)C(=O)OC.COCC(=O)OC. The van der Waals surface area contributed by atoms with E-state index in [-0.39, 0.29) is 38.0 Å². The van der Waals surface area contributed by atoms with Gasteiger partial charge in [-0.05, 0) is 39.5 Å². The Labute approximate surface area is 390 Å². The number of methoxy groups -OCH3 is 13. The number of carbonyl (C=O) groups is 10. The van der Waals surface area contributed by atoms with E-state index in [0.717, 1.165) is 27.8 Å². The van der Waals surface area contributed by atoms with Crippen LogP contribution in [0.4, 0.5) is 0 Å². The van der Waals surface area contributed by atoms with Crippen molar-refractivity contribution in [3.63, 3.8) is 0 Å². The van der Waals surface area contributed by atoms with Crippen molar-refractivity contribution in [1.29, 1.82) is 0 Å². The van der Waals surface area contributed by atoms with Crippen LogP contribution in [0.3, 0.4) is 0 Å². The Morgan fingerprint density at radius 2 is 0.985 bits per heavy atom. The van der Waals surface area contributed by atoms with Crippen LogP contribution < -0.4 is 0 Å². The molecule has 1 rings (SSSR count). The fourth-order valence-electron chi connectivity index (χ4n) is 3.66. The Bertz CT molecular complexity index is 1470. The van der Waals surface area contributed by atoms with Crippen LogP contribution >= 0.6 is 7.60 Å². The van der Waals surface area contributed by atoms with Gasteiger partial charge >= 0.3 is 67.3 Å². The van der Waals surface area contributed by atoms with Crippen molar-refractivity contribution >= 4 is 67.3 Å². The molecule has 1 aliphatic rings. The number of aliphatic hydroxyl groups is 1. The molecule has 0 aromatic heterocycles. The molecule has 4 atom stereocenters. The van der Waals surface area contributed by atoms with Crippen LogP contribution in [0.1, 0.15) is 59.3 Å². The molecule has 0 aromatic rings. The Kier molecular flexibility index (Phi) is 47.3. The van der Waals surface area contributed by atoms with E-state index < -0.39 is 78.1 Å². The van der Waals surface area contributed by atoms with Crippen molar-refractivity contribution in [2.24, 2.45) is 5.41 Å². The predicted octanol–water partition coefficient (Wildman–Crippen LogP) is 0.274. The largest absolute Gasteiger partial charge is 0.469 e. The van der Waals surface area contributed by atoms with Gasteiger partial charge in [-0.25, -0.2) is 24.0 Å². The summed E-state index contributed by atoms with van der Waals surface area (Å²) in [5.74, 6) is -6.24. The van der Waals surface area contributed by atoms with Gasteiger partial charge in [0.25, 0.3) is 0 Å². The minimum Gasteiger partial charge on any atom is -0.469 e. The van der Waals surface area contributed by atoms with Gasteiger partial charge in [0.15, 0.2) is 17.6 Å². The first-order chi connectivity index (χ1) is 31.2. The quantitative estimate of drug-likeness (QED) is 0.0689. The summed E-state index contributed by atoms with van der Waals surface area (Å²) in [6, 6.07) is 0. The van der Waals surface area contributed by atoms with Crippen LogP contribution in [0.15, 0.2) is 0 Å². The molecule has 67 heavy (non-hydrogen) atoms. The highest BCUT2D eigenvalue weighted by Crippen LogP contribution is 2.56. The fourth-order valence-corrected chi connectivity index (χ4v) is 4.79. The normalized spacial score (nSPS) is 13.7. The van der Waals surface area contributed by atoms with Crippen LogP contribution in [-0.2, 0) is 119 Å². The second-order valence-corrected chi connectivity index (χ2v) is 14.9. The minimum atomic E-state index is -3.54. The Hall–Kier alpha value is -5.31. The highest BCUT2D eigenvalue weighted by molar-refractivity contribution is 7.54. The third-order valence-electron chi connectivity index (χ3n) is 8.22. The molecule has 1 fully saturated rings. The minimum absolute atomic E-state index is 0.0382. The van der Waals surface area contributed by atoms with Gasteiger partial charge < -0.3 is 76.1 Å². The second-order valence-electron chi connectivity index (χ2n) is 12.4. The molecule has 4 unspecified atom stereocenters. The van der Waals surface area contributed by atoms with Gasteiger partial charge in [-0.2, -0.15) is 0 Å². The molecule has 0 spiro atoms. The van der Waals surface area contributed by atoms with Gasteiger partial charge in [-0.1, -0.05) is 6.92 Å². The van der Waals surface area contributed by atoms with E-state index in [1.807, 2.05) is 6.92 Å². The van der Waals surface area contributed by atoms with Crippen molar-refractivity contribution in [3.8, 4) is 0 Å². The van der Waals surface area contributed by atoms with Crippen LogP contribution in [0.2, 0.25) is 0 Å². The number of esters is 10. The summed E-state index contributed by atoms with van der Waals surface area (Å²) in [5, 5.41) is 8.05. The van der Waals surface area contributed by atoms with E-state index in [0.29, 0.717) is 19.3 Å². The maximum absolute atomic E-state index is 11.5. The highest BCUT2D eigenvalue weighted by Gasteiger charge is 2.53. The first kappa shape index (κ1) is 73.3. The van der Waals surface area contributed by atoms with Crippen molar-refractivity contribution in [1.82, 2.24) is 0 Å². The van der Waals surface area contributed by atoms with Gasteiger partial charge in [-0.3, -0.25) is 28.5 Å². The van der Waals surface area contributed by atoms with Crippen molar-refractivity contribution in [2.45, 2.75) is 76.7 Å². The van der Waals surface area contributed by atoms with Crippen molar-refractivity contribution in [3.05, 3.63) is 0 Å². The van der Waals surface area contributed by atoms with E-state index in [2.05, 4.69) is 61.4 Å². The summed E-state index contributed by atoms with van der Waals surface area (Å²) < 4.78 is 72.3. The van der Waals surface area contributed by atoms with Crippen molar-refractivity contribution < 1.29 is 129 Å². The average Bonchev–Trinajstić information content (AvgIpc) is 3.32. The van der Waals surface area contributed by atoms with Gasteiger partial charge in [-0.15, -0.1) is 0 Å². The second kappa shape index (κ2) is 43.3. The molecule has 0 aromatic carbocycles. The topological polar surface area (TPSA) is 357 Å². The molecule has 0 aliphatic heterocycles. The lowest BCUT2D eigenvalue weighted by molar-refractivity contribution is -0.176. The molecule has 0 heterocycles. The third-order valence-corrected chi connectivity index (χ3v) is 10.5. The predicted molar refractivity (Wildman–Crippen MR) is 227 cm³/mol. The molecule has 0 saturated heterocycles. The number of hydrogen-bond donors (Lipinski definition) is 2. The molecule has 394 valence electrons. The molecular weight excluding hydrogens is 931 g/mol. The first-order valence-electron chi connectivity index (χ1n) is 19.0. The summed E-state index contributed by atoms with van der Waals surface area (Å²) in [6.07, 6.45) is -0.0333. The average molecular weight is 1000 g/mol. The van der Waals surface area contributed by atoms with Gasteiger partial charge in [0, 0.05) is 28.4 Å². The van der Waals surface area contributed by atoms with Crippen LogP contribution in [-0.4, -0.2) is 200 Å². The number of aliphatic hydroxyl groups excluding tert-OH is 1. The Morgan fingerprint density at radius 1 is 0.582 bits per heavy atom. The number of rotatable bonds is 16. The maximum atomic E-state index is 11.5. The fraction of sp³-hybridized carbons (Fsp3) is 0.744. The summed E-state index contributed by atoms with van der Waals surface area (Å²) in [7, 11) is 14.3. The van der Waals surface area contributed by atoms with E-state index in [4.69, 9.17) is 9.84 Å². The molecule has 0 amide bonds. The van der Waals surface area contributed by atoms with Gasteiger partial charge in [0.05, 0.1) is 89.3 Å². The maximum Gasteiger partial charge on any atom is 0.417 e. The number of ether oxygens (including phenoxy) is 13. The zero-order valence-electron chi connectivity index (χ0n) is 41.4. The molecular formula is C39H71O27P. The number of carbonyl (C=O) groups excluding carboxylic acids is 10. The lowest BCUT2D eigenvalue weighted by atomic mass is 9.69. The van der Waals surface area contributed by atoms with E-state index in [9.17, 15) is 57.4 Å². The van der Waals surface area contributed by atoms with E-state index >= 15 is 0 Å². The zero-order valence-corrected chi connectivity index (χ0v) is 42.3. The van der Waals surface area contributed by atoms with Crippen LogP contribution in [0.25, 0.3) is 0 Å². The van der Waals surface area contributed by atoms with E-state index in [1.54, 1.807) is 13.8 Å². The lowest BCUT2D eigenvalue weighted by Gasteiger charge is -2.35. The molecule has 27 nitrogen and oxygen atoms in total. The molecule has 0 bridgehead atoms. The number of hydrogen-bond acceptors (Lipinski definition) is 26. The van der Waals surface area contributed by atoms with Crippen LogP contribution in [0, 0.1) is 5.41 Å². The van der Waals surface area contributed by atoms with Gasteiger partial charge in [0.2, 0.25) is 0 Å². The third kappa shape index (κ3) is 33.8. The lowest BCUT2D eigenvalue weighted by Crippen LogP contribution is -2.46. The zero-order chi connectivity index (χ0) is 54.0. The summed E-state index contributed by atoms with van der Waals surface area (Å²) >= 11 is 0. The highest BCUT2D eigenvalue weighted by atomic mass is 31.2. The van der Waals surface area contributed by atoms with E-state index in [1.165, 1.54) is 78.2 Å². The standard InChI is InChI=1S/C8H12O4.C7H17O4P.C6H10O5.C5H8O4.C5H10O3.C4H6O4.C4H8O3/c1-11-6(9)8(4-3-5-8)7(10)12-2;1-5-7(2,6-10-3)12(8,9)11-4;1-10-5(8)3-4(7)6(9)11-2;1-8-4(6)3-5(7)9-2;1-4(7-2)5(6)8-3;1-7-3(5)4(6)8-2;1-6-3-4(5)7-2/h3-5H2,1-2H3;5-6H2,1-4H3,(H,8,9);4,7H,3H2,1-2H3;3H2,1-2H3;4H,1-3H3;1-2H3;3H2,1-2H3. The summed E-state index contributed by atoms with van der Waals surface area (Å²) in [5.41, 5.74) is -0.983. The molecule has 2 N–H and O–H groups in total. The molecule has 1 saturated carbocycles. The van der Waals surface area contributed by atoms with Crippen LogP contribution in [0.5, 0.6) is 0 Å². The Morgan fingerprint density at radius 3 is 1.19 bits per heavy atom. The summed E-state index contributed by atoms with van der Waals surface area (Å²) in [4.78, 5) is 114. The molecule has 28 heteroatoms.